The van der Waals surface area contributed by atoms with E-state index in [2.05, 4.69) is 10.3 Å². The number of rotatable bonds is 5. The summed E-state index contributed by atoms with van der Waals surface area (Å²) in [5.74, 6) is 0.404. The van der Waals surface area contributed by atoms with Crippen molar-refractivity contribution >= 4 is 41.9 Å². The molecule has 1 atom stereocenters. The summed E-state index contributed by atoms with van der Waals surface area (Å²) in [5.41, 5.74) is 5.50. The number of ether oxygens (including phenoxy) is 1. The molecular weight excluding hydrogens is 449 g/mol. The predicted molar refractivity (Wildman–Crippen MR) is 114 cm³/mol. The van der Waals surface area contributed by atoms with Crippen LogP contribution in [0.5, 0.6) is 0 Å². The van der Waals surface area contributed by atoms with Crippen LogP contribution in [0.3, 0.4) is 0 Å². The summed E-state index contributed by atoms with van der Waals surface area (Å²) in [6.45, 7) is 12.2. The van der Waals surface area contributed by atoms with Gasteiger partial charge in [-0.1, -0.05) is 6.92 Å². The first-order valence-corrected chi connectivity index (χ1v) is 8.94. The van der Waals surface area contributed by atoms with Gasteiger partial charge in [-0.3, -0.25) is 9.79 Å². The molecule has 2 amide bonds. The Hall–Kier alpha value is -1.26. The molecule has 0 radical (unpaired) electrons. The van der Waals surface area contributed by atoms with Crippen molar-refractivity contribution < 1.29 is 14.3 Å². The minimum atomic E-state index is -0.495. The molecule has 1 heterocycles. The summed E-state index contributed by atoms with van der Waals surface area (Å²) >= 11 is 0. The van der Waals surface area contributed by atoms with Gasteiger partial charge in [0, 0.05) is 38.6 Å². The van der Waals surface area contributed by atoms with Gasteiger partial charge in [0.15, 0.2) is 5.96 Å². The lowest BCUT2D eigenvalue weighted by atomic mass is 10.2. The van der Waals surface area contributed by atoms with Crippen molar-refractivity contribution in [3.63, 3.8) is 0 Å². The minimum Gasteiger partial charge on any atom is -0.444 e. The fraction of sp³-hybridized carbons (Fsp3) is 0.824. The summed E-state index contributed by atoms with van der Waals surface area (Å²) in [4.78, 5) is 31.6. The third-order valence-corrected chi connectivity index (χ3v) is 3.89. The molecule has 1 fully saturated rings. The van der Waals surface area contributed by atoms with E-state index in [1.165, 1.54) is 0 Å². The van der Waals surface area contributed by atoms with E-state index in [9.17, 15) is 9.59 Å². The van der Waals surface area contributed by atoms with Gasteiger partial charge in [0.25, 0.3) is 0 Å². The van der Waals surface area contributed by atoms with Crippen LogP contribution in [-0.4, -0.2) is 72.1 Å². The number of nitrogens with two attached hydrogens (primary N) is 1. The molecule has 0 spiro atoms. The Bertz CT molecular complexity index is 485. The molecule has 0 aliphatic carbocycles. The maximum Gasteiger partial charge on any atom is 0.410 e. The molecule has 0 aromatic carbocycles. The lowest BCUT2D eigenvalue weighted by Crippen LogP contribution is -2.53. The van der Waals surface area contributed by atoms with Crippen LogP contribution in [0, 0.1) is 0 Å². The third kappa shape index (κ3) is 9.44. The number of piperazine rings is 1. The molecule has 1 saturated heterocycles. The van der Waals surface area contributed by atoms with Crippen molar-refractivity contribution in [2.45, 2.75) is 59.1 Å². The van der Waals surface area contributed by atoms with E-state index in [4.69, 9.17) is 10.5 Å². The second kappa shape index (κ2) is 11.5. The highest BCUT2D eigenvalue weighted by Gasteiger charge is 2.26. The van der Waals surface area contributed by atoms with Crippen molar-refractivity contribution in [2.75, 3.05) is 32.7 Å². The van der Waals surface area contributed by atoms with Crippen LogP contribution in [0.25, 0.3) is 0 Å². The normalized spacial score (nSPS) is 16.6. The van der Waals surface area contributed by atoms with E-state index in [0.717, 1.165) is 6.42 Å². The quantitative estimate of drug-likeness (QED) is 0.353. The van der Waals surface area contributed by atoms with Crippen molar-refractivity contribution in [3.05, 3.63) is 0 Å². The second-order valence-corrected chi connectivity index (χ2v) is 7.32. The van der Waals surface area contributed by atoms with E-state index >= 15 is 0 Å². The fourth-order valence-electron chi connectivity index (χ4n) is 2.27. The molecule has 0 saturated carbocycles. The molecule has 0 aromatic rings. The predicted octanol–water partition coefficient (Wildman–Crippen LogP) is 1.78. The number of hydrogen-bond donors (Lipinski definition) is 2. The SMILES string of the molecule is CCC(C)NC(=O)CCN=C(N)N1CCN(C(=O)OC(C)(C)C)CC1.I. The van der Waals surface area contributed by atoms with Crippen LogP contribution >= 0.6 is 24.0 Å². The summed E-state index contributed by atoms with van der Waals surface area (Å²) in [5, 5.41) is 2.90. The lowest BCUT2D eigenvalue weighted by Gasteiger charge is -2.36. The zero-order valence-electron chi connectivity index (χ0n) is 16.6. The number of carbonyl (C=O) groups excluding carboxylic acids is 2. The maximum atomic E-state index is 12.0. The number of nitrogens with one attached hydrogen (secondary N) is 1. The molecule has 1 rings (SSSR count). The molecule has 26 heavy (non-hydrogen) atoms. The van der Waals surface area contributed by atoms with Crippen LogP contribution < -0.4 is 11.1 Å². The van der Waals surface area contributed by atoms with Crippen LogP contribution in [0.15, 0.2) is 4.99 Å². The van der Waals surface area contributed by atoms with Gasteiger partial charge in [-0.05, 0) is 34.1 Å². The Morgan fingerprint density at radius 2 is 1.73 bits per heavy atom. The van der Waals surface area contributed by atoms with E-state index < -0.39 is 5.60 Å². The highest BCUT2D eigenvalue weighted by atomic mass is 127. The van der Waals surface area contributed by atoms with Crippen molar-refractivity contribution in [3.8, 4) is 0 Å². The van der Waals surface area contributed by atoms with E-state index in [-0.39, 0.29) is 42.0 Å². The molecule has 0 aromatic heterocycles. The van der Waals surface area contributed by atoms with E-state index in [0.29, 0.717) is 45.1 Å². The van der Waals surface area contributed by atoms with Crippen LogP contribution in [-0.2, 0) is 9.53 Å². The first-order valence-electron chi connectivity index (χ1n) is 8.94. The smallest absolute Gasteiger partial charge is 0.410 e. The largest absolute Gasteiger partial charge is 0.444 e. The zero-order chi connectivity index (χ0) is 19.0. The van der Waals surface area contributed by atoms with Gasteiger partial charge in [0.1, 0.15) is 5.60 Å². The topological polar surface area (TPSA) is 100 Å². The summed E-state index contributed by atoms with van der Waals surface area (Å²) < 4.78 is 5.37. The molecular formula is C17H34IN5O3. The van der Waals surface area contributed by atoms with Crippen LogP contribution in [0.1, 0.15) is 47.5 Å². The van der Waals surface area contributed by atoms with E-state index in [1.807, 2.05) is 39.5 Å². The van der Waals surface area contributed by atoms with E-state index in [1.54, 1.807) is 4.90 Å². The molecule has 1 aliphatic rings. The Morgan fingerprint density at radius 3 is 2.23 bits per heavy atom. The molecule has 9 heteroatoms. The number of nitrogens with zero attached hydrogens (tertiary/aromatic N) is 3. The molecule has 8 nitrogen and oxygen atoms in total. The fourth-order valence-corrected chi connectivity index (χ4v) is 2.27. The van der Waals surface area contributed by atoms with Crippen LogP contribution in [0.2, 0.25) is 0 Å². The van der Waals surface area contributed by atoms with Gasteiger partial charge >= 0.3 is 6.09 Å². The zero-order valence-corrected chi connectivity index (χ0v) is 18.9. The molecule has 1 unspecified atom stereocenters. The molecule has 152 valence electrons. The Kier molecular flexibility index (Phi) is 10.9. The number of guanidine groups is 1. The average Bonchev–Trinajstić information content (AvgIpc) is 2.53. The first-order chi connectivity index (χ1) is 11.6. The van der Waals surface area contributed by atoms with Gasteiger partial charge in [0.05, 0.1) is 6.54 Å². The van der Waals surface area contributed by atoms with Gasteiger partial charge < -0.3 is 25.6 Å². The molecule has 3 N–H and O–H groups in total. The second-order valence-electron chi connectivity index (χ2n) is 7.32. The first kappa shape index (κ1) is 24.7. The van der Waals surface area contributed by atoms with Crippen LogP contribution in [0.4, 0.5) is 4.79 Å². The Morgan fingerprint density at radius 1 is 1.19 bits per heavy atom. The number of hydrogen-bond acceptors (Lipinski definition) is 4. The van der Waals surface area contributed by atoms with Gasteiger partial charge in [-0.2, -0.15) is 0 Å². The summed E-state index contributed by atoms with van der Waals surface area (Å²) in [6.07, 6.45) is 0.923. The lowest BCUT2D eigenvalue weighted by molar-refractivity contribution is -0.121. The Balaban J connectivity index is 0.00000625. The maximum absolute atomic E-state index is 12.0. The molecule has 1 aliphatic heterocycles. The average molecular weight is 483 g/mol. The van der Waals surface area contributed by atoms with Gasteiger partial charge in [0.2, 0.25) is 5.91 Å². The minimum absolute atomic E-state index is 0. The van der Waals surface area contributed by atoms with Gasteiger partial charge in [-0.15, -0.1) is 24.0 Å². The summed E-state index contributed by atoms with van der Waals surface area (Å²) in [6, 6.07) is 0.176. The van der Waals surface area contributed by atoms with Crippen molar-refractivity contribution in [1.82, 2.24) is 15.1 Å². The monoisotopic (exact) mass is 483 g/mol. The standard InChI is InChI=1S/C17H33N5O3.HI/c1-6-13(2)20-14(23)7-8-19-15(18)21-9-11-22(12-10-21)16(24)25-17(3,4)5;/h13H,6-12H2,1-5H3,(H2,18,19)(H,20,23);1H. The number of aliphatic imine (C=N–C) groups is 1. The van der Waals surface area contributed by atoms with Gasteiger partial charge in [-0.25, -0.2) is 4.79 Å². The summed E-state index contributed by atoms with van der Waals surface area (Å²) in [7, 11) is 0. The number of carbonyl (C=O) groups is 2. The number of amides is 2. The highest BCUT2D eigenvalue weighted by Crippen LogP contribution is 2.11. The van der Waals surface area contributed by atoms with Crippen molar-refractivity contribution in [1.29, 1.82) is 0 Å². The Labute approximate surface area is 173 Å². The molecule has 0 bridgehead atoms. The van der Waals surface area contributed by atoms with Crippen molar-refractivity contribution in [2.24, 2.45) is 10.7 Å². The highest BCUT2D eigenvalue weighted by molar-refractivity contribution is 14.0. The number of halogens is 1. The third-order valence-electron chi connectivity index (χ3n) is 3.89.